The van der Waals surface area contributed by atoms with Gasteiger partial charge in [0.15, 0.2) is 6.29 Å². The fraction of sp³-hybridized carbons (Fsp3) is 0.381. The summed E-state index contributed by atoms with van der Waals surface area (Å²) in [4.78, 5) is 10.7. The molecular weight excluding hydrogens is 360 g/mol. The molecule has 0 saturated carbocycles. The standard InChI is InChI=1S/C21H28O5Si/c1-21(2,3)27(16-10-6-4-7-11-16,17-12-8-5-9-13-17)26-15-19(24)20(25)18(23)14-22/h4-14,18-20,23-25H,15H2,1-3H3/t18-,19+,20-/m0/s1. The van der Waals surface area contributed by atoms with E-state index in [1.807, 2.05) is 60.7 Å². The summed E-state index contributed by atoms with van der Waals surface area (Å²) >= 11 is 0. The molecule has 0 saturated heterocycles. The second kappa shape index (κ2) is 8.90. The van der Waals surface area contributed by atoms with Crippen molar-refractivity contribution in [3.8, 4) is 0 Å². The zero-order chi connectivity index (χ0) is 20.1. The van der Waals surface area contributed by atoms with Gasteiger partial charge in [0.05, 0.1) is 6.61 Å². The lowest BCUT2D eigenvalue weighted by molar-refractivity contribution is -0.127. The molecule has 0 unspecified atom stereocenters. The number of aliphatic hydroxyl groups is 3. The molecule has 2 rings (SSSR count). The molecule has 0 bridgehead atoms. The molecular formula is C21H28O5Si. The molecule has 0 aliphatic carbocycles. The zero-order valence-corrected chi connectivity index (χ0v) is 16.9. The highest BCUT2D eigenvalue weighted by atomic mass is 28.4. The Balaban J connectivity index is 2.48. The van der Waals surface area contributed by atoms with Crippen molar-refractivity contribution in [2.24, 2.45) is 0 Å². The average molecular weight is 389 g/mol. The summed E-state index contributed by atoms with van der Waals surface area (Å²) in [7, 11) is -2.84. The van der Waals surface area contributed by atoms with Crippen molar-refractivity contribution in [2.45, 2.75) is 44.1 Å². The smallest absolute Gasteiger partial charge is 0.261 e. The van der Waals surface area contributed by atoms with Crippen LogP contribution in [0.4, 0.5) is 0 Å². The summed E-state index contributed by atoms with van der Waals surface area (Å²) in [5.74, 6) is 0. The normalized spacial score (nSPS) is 15.8. The van der Waals surface area contributed by atoms with Crippen molar-refractivity contribution in [3.63, 3.8) is 0 Å². The molecule has 3 N–H and O–H groups in total. The van der Waals surface area contributed by atoms with Gasteiger partial charge in [-0.1, -0.05) is 81.4 Å². The Morgan fingerprint density at radius 1 is 0.926 bits per heavy atom. The predicted molar refractivity (Wildman–Crippen MR) is 108 cm³/mol. The van der Waals surface area contributed by atoms with Crippen LogP contribution in [0.25, 0.3) is 0 Å². The molecule has 0 fully saturated rings. The van der Waals surface area contributed by atoms with Crippen molar-refractivity contribution >= 4 is 25.0 Å². The molecule has 0 aliphatic rings. The van der Waals surface area contributed by atoms with E-state index in [1.165, 1.54) is 0 Å². The van der Waals surface area contributed by atoms with E-state index in [0.29, 0.717) is 0 Å². The lowest BCUT2D eigenvalue weighted by Crippen LogP contribution is -2.67. The SMILES string of the molecule is CC(C)(C)[Si](OC[C@@H](O)[C@@H](O)[C@@H](O)C=O)(c1ccccc1)c1ccccc1. The Labute approximate surface area is 161 Å². The predicted octanol–water partition coefficient (Wildman–Crippen LogP) is 0.845. The second-order valence-corrected chi connectivity index (χ2v) is 12.0. The van der Waals surface area contributed by atoms with Crippen molar-refractivity contribution in [3.05, 3.63) is 60.7 Å². The van der Waals surface area contributed by atoms with Gasteiger partial charge in [0, 0.05) is 0 Å². The van der Waals surface area contributed by atoms with Crippen LogP contribution in [-0.2, 0) is 9.22 Å². The third kappa shape index (κ3) is 4.54. The molecule has 3 atom stereocenters. The van der Waals surface area contributed by atoms with E-state index in [4.69, 9.17) is 4.43 Å². The lowest BCUT2D eigenvalue weighted by Gasteiger charge is -2.43. The number of aliphatic hydroxyl groups excluding tert-OH is 3. The van der Waals surface area contributed by atoms with E-state index in [0.717, 1.165) is 10.4 Å². The van der Waals surface area contributed by atoms with Gasteiger partial charge in [-0.2, -0.15) is 0 Å². The van der Waals surface area contributed by atoms with Crippen LogP contribution in [0, 0.1) is 0 Å². The Morgan fingerprint density at radius 3 is 1.74 bits per heavy atom. The van der Waals surface area contributed by atoms with Crippen LogP contribution in [0.15, 0.2) is 60.7 Å². The molecule has 5 nitrogen and oxygen atoms in total. The van der Waals surface area contributed by atoms with Crippen LogP contribution >= 0.6 is 0 Å². The van der Waals surface area contributed by atoms with Crippen LogP contribution in [0.5, 0.6) is 0 Å². The van der Waals surface area contributed by atoms with Crippen LogP contribution in [0.1, 0.15) is 20.8 Å². The first kappa shape index (κ1) is 21.5. The Morgan fingerprint density at radius 2 is 1.37 bits per heavy atom. The minimum Gasteiger partial charge on any atom is -0.405 e. The van der Waals surface area contributed by atoms with E-state index >= 15 is 0 Å². The average Bonchev–Trinajstić information content (AvgIpc) is 2.67. The first-order valence-electron chi connectivity index (χ1n) is 8.98. The molecule has 0 aliphatic heterocycles. The first-order chi connectivity index (χ1) is 12.7. The van der Waals surface area contributed by atoms with Crippen molar-refractivity contribution < 1.29 is 24.5 Å². The van der Waals surface area contributed by atoms with Crippen LogP contribution in [0.2, 0.25) is 5.04 Å². The monoisotopic (exact) mass is 388 g/mol. The van der Waals surface area contributed by atoms with Crippen molar-refractivity contribution in [2.75, 3.05) is 6.61 Å². The topological polar surface area (TPSA) is 87.0 Å². The van der Waals surface area contributed by atoms with Crippen LogP contribution in [-0.4, -0.2) is 54.8 Å². The molecule has 0 heterocycles. The van der Waals surface area contributed by atoms with Gasteiger partial charge in [0.1, 0.15) is 18.3 Å². The highest BCUT2D eigenvalue weighted by molar-refractivity contribution is 6.99. The fourth-order valence-corrected chi connectivity index (χ4v) is 7.95. The maximum Gasteiger partial charge on any atom is 0.261 e. The van der Waals surface area contributed by atoms with Crippen molar-refractivity contribution in [1.29, 1.82) is 0 Å². The third-order valence-corrected chi connectivity index (χ3v) is 9.78. The van der Waals surface area contributed by atoms with Gasteiger partial charge in [-0.3, -0.25) is 0 Å². The number of aldehydes is 1. The number of benzene rings is 2. The van der Waals surface area contributed by atoms with E-state index in [9.17, 15) is 20.1 Å². The van der Waals surface area contributed by atoms with Gasteiger partial charge < -0.3 is 24.5 Å². The lowest BCUT2D eigenvalue weighted by atomic mass is 10.1. The maximum atomic E-state index is 10.7. The van der Waals surface area contributed by atoms with Gasteiger partial charge >= 0.3 is 0 Å². The Bertz CT molecular complexity index is 675. The maximum absolute atomic E-state index is 10.7. The molecule has 2 aromatic rings. The van der Waals surface area contributed by atoms with E-state index in [-0.39, 0.29) is 17.9 Å². The van der Waals surface area contributed by atoms with E-state index < -0.39 is 26.6 Å². The number of hydrogen-bond acceptors (Lipinski definition) is 5. The molecule has 0 aromatic heterocycles. The minimum atomic E-state index is -2.84. The molecule has 2 aromatic carbocycles. The highest BCUT2D eigenvalue weighted by Gasteiger charge is 2.50. The molecule has 27 heavy (non-hydrogen) atoms. The summed E-state index contributed by atoms with van der Waals surface area (Å²) in [6.07, 6.45) is -4.42. The van der Waals surface area contributed by atoms with Gasteiger partial charge in [-0.25, -0.2) is 0 Å². The molecule has 146 valence electrons. The minimum absolute atomic E-state index is 0.195. The first-order valence-corrected chi connectivity index (χ1v) is 10.9. The number of carbonyl (C=O) groups is 1. The van der Waals surface area contributed by atoms with E-state index in [1.54, 1.807) is 0 Å². The van der Waals surface area contributed by atoms with Gasteiger partial charge in [-0.15, -0.1) is 0 Å². The van der Waals surface area contributed by atoms with Crippen LogP contribution < -0.4 is 10.4 Å². The fourth-order valence-electron chi connectivity index (χ4n) is 3.38. The number of hydrogen-bond donors (Lipinski definition) is 3. The molecule has 0 spiro atoms. The summed E-state index contributed by atoms with van der Waals surface area (Å²) in [6.45, 7) is 6.10. The molecule has 6 heteroatoms. The summed E-state index contributed by atoms with van der Waals surface area (Å²) in [6, 6.07) is 19.8. The molecule has 0 amide bonds. The summed E-state index contributed by atoms with van der Waals surface area (Å²) in [5.41, 5.74) is 0. The molecule has 0 radical (unpaired) electrons. The van der Waals surface area contributed by atoms with E-state index in [2.05, 4.69) is 20.8 Å². The third-order valence-electron chi connectivity index (χ3n) is 4.77. The Hall–Kier alpha value is -1.83. The van der Waals surface area contributed by atoms with Gasteiger partial charge in [-0.05, 0) is 15.4 Å². The largest absolute Gasteiger partial charge is 0.405 e. The summed E-state index contributed by atoms with van der Waals surface area (Å²) in [5, 5.41) is 31.5. The summed E-state index contributed by atoms with van der Waals surface area (Å²) < 4.78 is 6.45. The van der Waals surface area contributed by atoms with Crippen molar-refractivity contribution in [1.82, 2.24) is 0 Å². The van der Waals surface area contributed by atoms with Gasteiger partial charge in [0.25, 0.3) is 8.32 Å². The van der Waals surface area contributed by atoms with Gasteiger partial charge in [0.2, 0.25) is 0 Å². The second-order valence-electron chi connectivity index (χ2n) is 7.66. The number of carbonyl (C=O) groups excluding carboxylic acids is 1. The highest BCUT2D eigenvalue weighted by Crippen LogP contribution is 2.36. The zero-order valence-electron chi connectivity index (χ0n) is 15.9. The number of rotatable bonds is 8. The Kier molecular flexibility index (Phi) is 7.08. The van der Waals surface area contributed by atoms with Crippen LogP contribution in [0.3, 0.4) is 0 Å². The quantitative estimate of drug-likeness (QED) is 0.461.